The van der Waals surface area contributed by atoms with Gasteiger partial charge < -0.3 is 5.11 Å². The zero-order chi connectivity index (χ0) is 16.3. The predicted molar refractivity (Wildman–Crippen MR) is 66.2 cm³/mol. The molecule has 21 heavy (non-hydrogen) atoms. The van der Waals surface area contributed by atoms with Crippen LogP contribution in [0.15, 0.2) is 28.0 Å². The summed E-state index contributed by atoms with van der Waals surface area (Å²) in [5.74, 6) is -1.24. The Morgan fingerprint density at radius 3 is 2.10 bits per heavy atom. The first-order chi connectivity index (χ1) is 9.46. The number of alkyl halides is 6. The Balaban J connectivity index is 3.04. The minimum absolute atomic E-state index is 0.0750. The van der Waals surface area contributed by atoms with Crippen LogP contribution in [-0.4, -0.2) is 22.1 Å². The van der Waals surface area contributed by atoms with Crippen molar-refractivity contribution in [1.29, 1.82) is 0 Å². The molecule has 0 spiro atoms. The van der Waals surface area contributed by atoms with Gasteiger partial charge >= 0.3 is 17.0 Å². The van der Waals surface area contributed by atoms with Crippen molar-refractivity contribution in [3.8, 4) is 0 Å². The highest BCUT2D eigenvalue weighted by Gasteiger charge is 2.32. The van der Waals surface area contributed by atoms with E-state index in [0.29, 0.717) is 0 Å². The average Bonchev–Trinajstić information content (AvgIpc) is 2.25. The third kappa shape index (κ3) is 7.51. The van der Waals surface area contributed by atoms with Gasteiger partial charge in [-0.3, -0.25) is 4.79 Å². The fraction of sp³-hybridized carbons (Fsp3) is 0.364. The Labute approximate surface area is 123 Å². The normalized spacial score (nSPS) is 12.5. The zero-order valence-corrected chi connectivity index (χ0v) is 11.7. The van der Waals surface area contributed by atoms with E-state index < -0.39 is 46.9 Å². The smallest absolute Gasteiger partial charge is 0.446 e. The number of thioether (sulfide) groups is 2. The van der Waals surface area contributed by atoms with Gasteiger partial charge in [-0.05, 0) is 53.7 Å². The van der Waals surface area contributed by atoms with Crippen molar-refractivity contribution in [2.45, 2.75) is 33.6 Å². The van der Waals surface area contributed by atoms with E-state index in [-0.39, 0.29) is 21.8 Å². The highest BCUT2D eigenvalue weighted by Crippen LogP contribution is 2.42. The Bertz CT molecular complexity index is 512. The predicted octanol–water partition coefficient (Wildman–Crippen LogP) is 4.93. The summed E-state index contributed by atoms with van der Waals surface area (Å²) in [6, 6.07) is 2.79. The molecule has 1 aromatic rings. The molecule has 2 nitrogen and oxygen atoms in total. The van der Waals surface area contributed by atoms with Crippen molar-refractivity contribution in [2.75, 3.05) is 0 Å². The molecule has 0 heterocycles. The fourth-order valence-corrected chi connectivity index (χ4v) is 2.70. The van der Waals surface area contributed by atoms with Crippen LogP contribution in [0, 0.1) is 0 Å². The molecule has 1 rings (SSSR count). The molecular weight excluding hydrogens is 342 g/mol. The first-order valence-corrected chi connectivity index (χ1v) is 6.96. The number of hydrogen-bond acceptors (Lipinski definition) is 3. The lowest BCUT2D eigenvalue weighted by atomic mass is 10.1. The number of benzene rings is 1. The lowest BCUT2D eigenvalue weighted by Gasteiger charge is -2.13. The number of aryl methyl sites for hydroxylation is 1. The fourth-order valence-electron chi connectivity index (χ4n) is 1.41. The van der Waals surface area contributed by atoms with E-state index in [1.807, 2.05) is 0 Å². The van der Waals surface area contributed by atoms with E-state index in [1.54, 1.807) is 0 Å². The van der Waals surface area contributed by atoms with E-state index in [4.69, 9.17) is 5.11 Å². The third-order valence-corrected chi connectivity index (χ3v) is 3.67. The maximum absolute atomic E-state index is 12.4. The number of rotatable bonds is 5. The van der Waals surface area contributed by atoms with Crippen LogP contribution < -0.4 is 0 Å². The summed E-state index contributed by atoms with van der Waals surface area (Å²) in [6.45, 7) is 0. The van der Waals surface area contributed by atoms with Gasteiger partial charge in [0.1, 0.15) is 0 Å². The Hall–Kier alpha value is -1.03. The molecule has 0 atom stereocenters. The van der Waals surface area contributed by atoms with E-state index in [1.165, 1.54) is 0 Å². The molecule has 10 heteroatoms. The van der Waals surface area contributed by atoms with Crippen LogP contribution in [0.25, 0.3) is 0 Å². The Morgan fingerprint density at radius 2 is 1.62 bits per heavy atom. The standard InChI is InChI=1S/C11H8F6O2S2/c12-10(13,14)20-7-2-3-8(21-11(15,16)17)6(5-7)1-4-9(18)19/h2-3,5H,1,4H2,(H,18,19). The zero-order valence-electron chi connectivity index (χ0n) is 10.1. The van der Waals surface area contributed by atoms with Gasteiger partial charge in [-0.15, -0.1) is 0 Å². The van der Waals surface area contributed by atoms with Gasteiger partial charge in [-0.2, -0.15) is 26.3 Å². The van der Waals surface area contributed by atoms with Crippen molar-refractivity contribution in [2.24, 2.45) is 0 Å². The molecule has 118 valence electrons. The number of aliphatic carboxylic acids is 1. The lowest BCUT2D eigenvalue weighted by molar-refractivity contribution is -0.136. The van der Waals surface area contributed by atoms with Gasteiger partial charge in [0.15, 0.2) is 0 Å². The molecule has 0 saturated carbocycles. The highest BCUT2D eigenvalue weighted by atomic mass is 32.2. The Kier molecular flexibility index (Phi) is 5.85. The summed E-state index contributed by atoms with van der Waals surface area (Å²) in [4.78, 5) is 9.89. The molecule has 0 aliphatic carbocycles. The lowest BCUT2D eigenvalue weighted by Crippen LogP contribution is -2.04. The molecule has 0 fully saturated rings. The van der Waals surface area contributed by atoms with Crippen LogP contribution in [-0.2, 0) is 11.2 Å². The maximum Gasteiger partial charge on any atom is 0.446 e. The second kappa shape index (κ2) is 6.82. The van der Waals surface area contributed by atoms with Crippen molar-refractivity contribution in [3.05, 3.63) is 23.8 Å². The summed E-state index contributed by atoms with van der Waals surface area (Å²) < 4.78 is 73.8. The van der Waals surface area contributed by atoms with Crippen molar-refractivity contribution < 1.29 is 36.2 Å². The van der Waals surface area contributed by atoms with Gasteiger partial charge in [0.2, 0.25) is 0 Å². The maximum atomic E-state index is 12.4. The van der Waals surface area contributed by atoms with Crippen LogP contribution in [0.5, 0.6) is 0 Å². The van der Waals surface area contributed by atoms with Gasteiger partial charge in [-0.25, -0.2) is 0 Å². The average molecular weight is 350 g/mol. The van der Waals surface area contributed by atoms with Crippen LogP contribution in [0.4, 0.5) is 26.3 Å². The second-order valence-corrected chi connectivity index (χ2v) is 6.00. The molecule has 0 radical (unpaired) electrons. The second-order valence-electron chi connectivity index (χ2n) is 3.76. The van der Waals surface area contributed by atoms with Crippen LogP contribution in [0.2, 0.25) is 0 Å². The quantitative estimate of drug-likeness (QED) is 0.604. The Morgan fingerprint density at radius 1 is 1.05 bits per heavy atom. The molecule has 0 saturated heterocycles. The third-order valence-electron chi connectivity index (χ3n) is 2.10. The van der Waals surface area contributed by atoms with Gasteiger partial charge in [0, 0.05) is 16.2 Å². The number of carboxylic acid groups (broad SMARTS) is 1. The monoisotopic (exact) mass is 350 g/mol. The number of halogens is 6. The van der Waals surface area contributed by atoms with Crippen LogP contribution in [0.1, 0.15) is 12.0 Å². The minimum atomic E-state index is -4.60. The first kappa shape index (κ1) is 18.0. The van der Waals surface area contributed by atoms with E-state index in [0.717, 1.165) is 18.2 Å². The number of carbonyl (C=O) groups is 1. The molecule has 0 aliphatic rings. The minimum Gasteiger partial charge on any atom is -0.481 e. The first-order valence-electron chi connectivity index (χ1n) is 5.32. The molecule has 0 aliphatic heterocycles. The molecule has 0 amide bonds. The SMILES string of the molecule is O=C(O)CCc1cc(SC(F)(F)F)ccc1SC(F)(F)F. The topological polar surface area (TPSA) is 37.3 Å². The van der Waals surface area contributed by atoms with Gasteiger partial charge in [0.05, 0.1) is 0 Å². The largest absolute Gasteiger partial charge is 0.481 e. The molecule has 0 bridgehead atoms. The summed E-state index contributed by atoms with van der Waals surface area (Å²) >= 11 is -0.940. The summed E-state index contributed by atoms with van der Waals surface area (Å²) in [5.41, 5.74) is -9.24. The summed E-state index contributed by atoms with van der Waals surface area (Å²) in [6.07, 6.45) is -0.744. The molecule has 1 aromatic carbocycles. The van der Waals surface area contributed by atoms with Gasteiger partial charge in [-0.1, -0.05) is 0 Å². The van der Waals surface area contributed by atoms with E-state index in [9.17, 15) is 31.1 Å². The summed E-state index contributed by atoms with van der Waals surface area (Å²) in [7, 11) is 0. The van der Waals surface area contributed by atoms with Crippen LogP contribution in [0.3, 0.4) is 0 Å². The van der Waals surface area contributed by atoms with E-state index >= 15 is 0 Å². The van der Waals surface area contributed by atoms with E-state index in [2.05, 4.69) is 0 Å². The van der Waals surface area contributed by atoms with Gasteiger partial charge in [0.25, 0.3) is 0 Å². The summed E-state index contributed by atoms with van der Waals surface area (Å²) in [5, 5.41) is 8.54. The molecular formula is C11H8F6O2S2. The van der Waals surface area contributed by atoms with Crippen molar-refractivity contribution >= 4 is 29.5 Å². The number of carboxylic acids is 1. The highest BCUT2D eigenvalue weighted by molar-refractivity contribution is 8.00. The molecule has 1 N–H and O–H groups in total. The van der Waals surface area contributed by atoms with Crippen LogP contribution >= 0.6 is 23.5 Å². The van der Waals surface area contributed by atoms with Crippen molar-refractivity contribution in [3.63, 3.8) is 0 Å². The number of hydrogen-bond donors (Lipinski definition) is 1. The van der Waals surface area contributed by atoms with Crippen molar-refractivity contribution in [1.82, 2.24) is 0 Å². The molecule has 0 aromatic heterocycles. The molecule has 0 unspecified atom stereocenters.